The predicted molar refractivity (Wildman–Crippen MR) is 37.9 cm³/mol. The zero-order chi connectivity index (χ0) is 9.03. The third kappa shape index (κ3) is 2.98. The van der Waals surface area contributed by atoms with Gasteiger partial charge < -0.3 is 10.1 Å². The topological polar surface area (TPSA) is 21.3 Å². The van der Waals surface area contributed by atoms with Crippen molar-refractivity contribution in [1.29, 1.82) is 0 Å². The fraction of sp³-hybridized carbons (Fsp3) is 1.00. The summed E-state index contributed by atoms with van der Waals surface area (Å²) in [4.78, 5) is 0. The number of alkyl halides is 3. The summed E-state index contributed by atoms with van der Waals surface area (Å²) >= 11 is 0. The van der Waals surface area contributed by atoms with Crippen molar-refractivity contribution >= 4 is 0 Å². The van der Waals surface area contributed by atoms with Crippen molar-refractivity contribution in [2.45, 2.75) is 25.1 Å². The molecule has 12 heavy (non-hydrogen) atoms. The Hall–Kier alpha value is -0.290. The molecule has 1 fully saturated rings. The van der Waals surface area contributed by atoms with Crippen molar-refractivity contribution in [3.63, 3.8) is 0 Å². The number of hydrogen-bond donors (Lipinski definition) is 1. The summed E-state index contributed by atoms with van der Waals surface area (Å²) in [5.41, 5.74) is 0. The average Bonchev–Trinajstić information content (AvgIpc) is 2.06. The Morgan fingerprint density at radius 3 is 2.42 bits per heavy atom. The number of hydrogen-bond acceptors (Lipinski definition) is 2. The van der Waals surface area contributed by atoms with Crippen LogP contribution in [0, 0.1) is 0 Å². The molecule has 0 atom stereocenters. The molecule has 1 aliphatic heterocycles. The number of ether oxygens (including phenoxy) is 1. The van der Waals surface area contributed by atoms with Gasteiger partial charge in [0, 0.05) is 0 Å². The van der Waals surface area contributed by atoms with E-state index in [0.717, 1.165) is 0 Å². The van der Waals surface area contributed by atoms with Crippen molar-refractivity contribution in [2.75, 3.05) is 19.8 Å². The minimum atomic E-state index is -3.60. The van der Waals surface area contributed by atoms with E-state index in [1.54, 1.807) is 0 Å². The van der Waals surface area contributed by atoms with Gasteiger partial charge in [0.1, 0.15) is 0 Å². The van der Waals surface area contributed by atoms with E-state index in [0.29, 0.717) is 25.9 Å². The Morgan fingerprint density at radius 1 is 1.33 bits per heavy atom. The van der Waals surface area contributed by atoms with Gasteiger partial charge in [0.15, 0.2) is 6.67 Å². The van der Waals surface area contributed by atoms with Gasteiger partial charge in [-0.1, -0.05) is 0 Å². The highest BCUT2D eigenvalue weighted by molar-refractivity contribution is 4.69. The van der Waals surface area contributed by atoms with E-state index < -0.39 is 18.9 Å². The molecule has 0 bridgehead atoms. The SMILES string of the molecule is FCC(F)(F)OC1CCNCC1. The van der Waals surface area contributed by atoms with Gasteiger partial charge in [0.2, 0.25) is 0 Å². The molecule has 2 nitrogen and oxygen atoms in total. The Balaban J connectivity index is 2.28. The Labute approximate surface area is 69.1 Å². The summed E-state index contributed by atoms with van der Waals surface area (Å²) in [5, 5.41) is 3.00. The van der Waals surface area contributed by atoms with E-state index in [-0.39, 0.29) is 0 Å². The monoisotopic (exact) mass is 183 g/mol. The molecule has 72 valence electrons. The molecule has 0 aromatic carbocycles. The largest absolute Gasteiger partial charge is 0.384 e. The minimum absolute atomic E-state index is 0.503. The van der Waals surface area contributed by atoms with Crippen LogP contribution in [0.1, 0.15) is 12.8 Å². The Bertz CT molecular complexity index is 137. The standard InChI is InChI=1S/C7H12F3NO/c8-5-7(9,10)12-6-1-3-11-4-2-6/h6,11H,1-5H2. The molecule has 0 radical (unpaired) electrons. The predicted octanol–water partition coefficient (Wildman–Crippen LogP) is 1.32. The van der Waals surface area contributed by atoms with Crippen LogP contribution < -0.4 is 5.32 Å². The maximum atomic E-state index is 12.3. The van der Waals surface area contributed by atoms with Crippen LogP contribution in [0.5, 0.6) is 0 Å². The lowest BCUT2D eigenvalue weighted by molar-refractivity contribution is -0.272. The van der Waals surface area contributed by atoms with Gasteiger partial charge >= 0.3 is 6.11 Å². The molecule has 1 heterocycles. The molecular formula is C7H12F3NO. The fourth-order valence-electron chi connectivity index (χ4n) is 1.19. The van der Waals surface area contributed by atoms with Gasteiger partial charge in [-0.15, -0.1) is 0 Å². The third-order valence-electron chi connectivity index (χ3n) is 1.78. The lowest BCUT2D eigenvalue weighted by Crippen LogP contribution is -2.38. The van der Waals surface area contributed by atoms with Crippen LogP contribution in [0.3, 0.4) is 0 Å². The summed E-state index contributed by atoms with van der Waals surface area (Å²) in [6.45, 7) is -0.420. The maximum Gasteiger partial charge on any atom is 0.384 e. The van der Waals surface area contributed by atoms with E-state index in [2.05, 4.69) is 10.1 Å². The van der Waals surface area contributed by atoms with E-state index in [4.69, 9.17) is 0 Å². The first-order valence-corrected chi connectivity index (χ1v) is 3.96. The second-order valence-electron chi connectivity index (χ2n) is 2.84. The molecular weight excluding hydrogens is 171 g/mol. The zero-order valence-electron chi connectivity index (χ0n) is 6.66. The summed E-state index contributed by atoms with van der Waals surface area (Å²) in [6.07, 6.45) is -3.05. The molecule has 5 heteroatoms. The first-order valence-electron chi connectivity index (χ1n) is 3.96. The van der Waals surface area contributed by atoms with Crippen LogP contribution in [-0.2, 0) is 4.74 Å². The summed E-state index contributed by atoms with van der Waals surface area (Å²) in [6, 6.07) is 0. The first kappa shape index (κ1) is 9.80. The molecule has 0 unspecified atom stereocenters. The number of nitrogens with one attached hydrogen (secondary N) is 1. The highest BCUT2D eigenvalue weighted by atomic mass is 19.3. The average molecular weight is 183 g/mol. The van der Waals surface area contributed by atoms with Crippen LogP contribution in [0.15, 0.2) is 0 Å². The van der Waals surface area contributed by atoms with Crippen LogP contribution in [0.4, 0.5) is 13.2 Å². The Kier molecular flexibility index (Phi) is 3.34. The molecule has 0 aromatic rings. The Morgan fingerprint density at radius 2 is 1.92 bits per heavy atom. The molecule has 1 saturated heterocycles. The zero-order valence-corrected chi connectivity index (χ0v) is 6.66. The van der Waals surface area contributed by atoms with Crippen molar-refractivity contribution in [2.24, 2.45) is 0 Å². The minimum Gasteiger partial charge on any atom is -0.317 e. The van der Waals surface area contributed by atoms with Gasteiger partial charge in [-0.25, -0.2) is 4.39 Å². The van der Waals surface area contributed by atoms with Gasteiger partial charge in [0.25, 0.3) is 0 Å². The maximum absolute atomic E-state index is 12.3. The van der Waals surface area contributed by atoms with E-state index >= 15 is 0 Å². The first-order chi connectivity index (χ1) is 5.64. The second-order valence-corrected chi connectivity index (χ2v) is 2.84. The van der Waals surface area contributed by atoms with Gasteiger partial charge in [0.05, 0.1) is 6.10 Å². The number of halogens is 3. The van der Waals surface area contributed by atoms with Crippen molar-refractivity contribution in [3.8, 4) is 0 Å². The lowest BCUT2D eigenvalue weighted by Gasteiger charge is -2.26. The van der Waals surface area contributed by atoms with Crippen LogP contribution >= 0.6 is 0 Å². The summed E-state index contributed by atoms with van der Waals surface area (Å²) in [7, 11) is 0. The molecule has 1 aliphatic rings. The highest BCUT2D eigenvalue weighted by Crippen LogP contribution is 2.21. The summed E-state index contributed by atoms with van der Waals surface area (Å²) < 4.78 is 40.6. The molecule has 0 amide bonds. The van der Waals surface area contributed by atoms with Gasteiger partial charge in [-0.2, -0.15) is 8.78 Å². The van der Waals surface area contributed by atoms with Crippen molar-refractivity contribution in [3.05, 3.63) is 0 Å². The van der Waals surface area contributed by atoms with Gasteiger partial charge in [-0.05, 0) is 25.9 Å². The lowest BCUT2D eigenvalue weighted by atomic mass is 10.1. The van der Waals surface area contributed by atoms with E-state index in [1.165, 1.54) is 0 Å². The van der Waals surface area contributed by atoms with Crippen LogP contribution in [-0.4, -0.2) is 32.0 Å². The van der Waals surface area contributed by atoms with Crippen LogP contribution in [0.25, 0.3) is 0 Å². The van der Waals surface area contributed by atoms with E-state index in [1.807, 2.05) is 0 Å². The molecule has 0 saturated carbocycles. The molecule has 1 N–H and O–H groups in total. The van der Waals surface area contributed by atoms with Crippen LogP contribution in [0.2, 0.25) is 0 Å². The molecule has 0 aliphatic carbocycles. The van der Waals surface area contributed by atoms with Crippen molar-refractivity contribution in [1.82, 2.24) is 5.32 Å². The smallest absolute Gasteiger partial charge is 0.317 e. The molecule has 0 spiro atoms. The molecule has 1 rings (SSSR count). The molecule has 0 aromatic heterocycles. The number of piperidine rings is 1. The van der Waals surface area contributed by atoms with Gasteiger partial charge in [-0.3, -0.25) is 0 Å². The highest BCUT2D eigenvalue weighted by Gasteiger charge is 2.34. The normalized spacial score (nSPS) is 21.2. The fourth-order valence-corrected chi connectivity index (χ4v) is 1.19. The summed E-state index contributed by atoms with van der Waals surface area (Å²) in [5.74, 6) is 0. The van der Waals surface area contributed by atoms with Crippen molar-refractivity contribution < 1.29 is 17.9 Å². The third-order valence-corrected chi connectivity index (χ3v) is 1.78. The number of rotatable bonds is 3. The quantitative estimate of drug-likeness (QED) is 0.712. The van der Waals surface area contributed by atoms with E-state index in [9.17, 15) is 13.2 Å². The second kappa shape index (κ2) is 4.09.